The molecule has 2 aliphatic rings. The maximum atomic E-state index is 7.00. The van der Waals surface area contributed by atoms with Gasteiger partial charge in [-0.1, -0.05) is 43.2 Å². The molecule has 1 aromatic rings. The molecule has 0 heterocycles. The smallest absolute Gasteiger partial charge is 0.0319 e. The van der Waals surface area contributed by atoms with Gasteiger partial charge in [-0.2, -0.15) is 0 Å². The van der Waals surface area contributed by atoms with Crippen LogP contribution in [0.4, 0.5) is 0 Å². The molecule has 1 aromatic carbocycles. The zero-order chi connectivity index (χ0) is 19.0. The van der Waals surface area contributed by atoms with Gasteiger partial charge < -0.3 is 10.8 Å². The molecule has 0 spiro atoms. The van der Waals surface area contributed by atoms with Crippen LogP contribution in [0, 0.1) is 5.92 Å². The van der Waals surface area contributed by atoms with Gasteiger partial charge in [-0.3, -0.25) is 0 Å². The molecule has 146 valence electrons. The van der Waals surface area contributed by atoms with Crippen LogP contribution in [-0.2, 0) is 12.8 Å². The summed E-state index contributed by atoms with van der Waals surface area (Å²) in [5.74, 6) is 1.60. The maximum absolute atomic E-state index is 7.00. The zero-order valence-corrected chi connectivity index (χ0v) is 17.1. The summed E-state index contributed by atoms with van der Waals surface area (Å²) in [6.45, 7) is 4.33. The predicted molar refractivity (Wildman–Crippen MR) is 113 cm³/mol. The SMILES string of the molecule is C/C=C/CCCC[C@@H]1CCc2cc([C@H]3CC[C@@](C)(N)C3)ccc2C1.CO. The lowest BCUT2D eigenvalue weighted by molar-refractivity contribution is 0.399. The van der Waals surface area contributed by atoms with Gasteiger partial charge in [-0.25, -0.2) is 0 Å². The molecule has 26 heavy (non-hydrogen) atoms. The third-order valence-corrected chi connectivity index (χ3v) is 6.28. The molecule has 2 nitrogen and oxygen atoms in total. The van der Waals surface area contributed by atoms with E-state index in [1.165, 1.54) is 57.8 Å². The minimum absolute atomic E-state index is 0.0542. The van der Waals surface area contributed by atoms with E-state index in [4.69, 9.17) is 10.8 Å². The fourth-order valence-electron chi connectivity index (χ4n) is 4.77. The summed E-state index contributed by atoms with van der Waals surface area (Å²) in [5, 5.41) is 7.00. The summed E-state index contributed by atoms with van der Waals surface area (Å²) in [6.07, 6.45) is 17.4. The predicted octanol–water partition coefficient (Wildman–Crippen LogP) is 5.52. The van der Waals surface area contributed by atoms with Crippen LogP contribution < -0.4 is 5.73 Å². The van der Waals surface area contributed by atoms with E-state index in [-0.39, 0.29) is 5.54 Å². The standard InChI is InChI=1S/C23H35N.CH4O/c1-3-4-5-6-7-8-18-9-10-20-16-21(12-11-19(20)15-18)22-13-14-23(2,24)17-22;1-2/h3-4,11-12,16,18,22H,5-10,13-15,17,24H2,1-2H3;2H,1H3/b4-3+;/t18-,22+,23-;/m1./s1. The topological polar surface area (TPSA) is 46.2 Å². The van der Waals surface area contributed by atoms with Crippen molar-refractivity contribution in [1.29, 1.82) is 0 Å². The van der Waals surface area contributed by atoms with E-state index in [1.54, 1.807) is 16.7 Å². The first kappa shape index (κ1) is 21.2. The second-order valence-corrected chi connectivity index (χ2v) is 8.58. The minimum atomic E-state index is 0.0542. The van der Waals surface area contributed by atoms with Crippen molar-refractivity contribution >= 4 is 0 Å². The Bertz CT molecular complexity index is 576. The van der Waals surface area contributed by atoms with Crippen LogP contribution in [0.25, 0.3) is 0 Å². The van der Waals surface area contributed by atoms with E-state index in [1.807, 2.05) is 0 Å². The molecule has 2 aliphatic carbocycles. The number of aliphatic hydroxyl groups excluding tert-OH is 1. The Morgan fingerprint density at radius 2 is 2.00 bits per heavy atom. The third-order valence-electron chi connectivity index (χ3n) is 6.28. The Balaban J connectivity index is 0.00000117. The van der Waals surface area contributed by atoms with Crippen molar-refractivity contribution in [1.82, 2.24) is 0 Å². The van der Waals surface area contributed by atoms with E-state index < -0.39 is 0 Å². The highest BCUT2D eigenvalue weighted by Crippen LogP contribution is 2.40. The normalized spacial score (nSPS) is 27.9. The second-order valence-electron chi connectivity index (χ2n) is 8.58. The number of benzene rings is 1. The highest BCUT2D eigenvalue weighted by Gasteiger charge is 2.32. The number of aliphatic hydroxyl groups is 1. The van der Waals surface area contributed by atoms with Gasteiger partial charge in [0.1, 0.15) is 0 Å². The van der Waals surface area contributed by atoms with Crippen molar-refractivity contribution < 1.29 is 5.11 Å². The summed E-state index contributed by atoms with van der Waals surface area (Å²) in [5.41, 5.74) is 11.2. The van der Waals surface area contributed by atoms with Gasteiger partial charge in [-0.05, 0) is 93.7 Å². The van der Waals surface area contributed by atoms with Crippen molar-refractivity contribution in [2.75, 3.05) is 7.11 Å². The average molecular weight is 358 g/mol. The van der Waals surface area contributed by atoms with E-state index in [0.717, 1.165) is 19.4 Å². The Kier molecular flexibility index (Phi) is 8.37. The molecule has 0 unspecified atom stereocenters. The number of hydrogen-bond acceptors (Lipinski definition) is 2. The molecule has 0 aromatic heterocycles. The molecule has 0 saturated heterocycles. The first-order chi connectivity index (χ1) is 12.6. The van der Waals surface area contributed by atoms with Gasteiger partial charge in [0.2, 0.25) is 0 Å². The monoisotopic (exact) mass is 357 g/mol. The number of fused-ring (bicyclic) bond motifs is 1. The van der Waals surface area contributed by atoms with Crippen LogP contribution in [0.1, 0.15) is 87.8 Å². The lowest BCUT2D eigenvalue weighted by Gasteiger charge is -2.26. The van der Waals surface area contributed by atoms with Gasteiger partial charge in [0, 0.05) is 12.6 Å². The zero-order valence-electron chi connectivity index (χ0n) is 17.1. The average Bonchev–Trinajstić information content (AvgIpc) is 3.02. The van der Waals surface area contributed by atoms with Gasteiger partial charge in [0.05, 0.1) is 0 Å². The summed E-state index contributed by atoms with van der Waals surface area (Å²) in [4.78, 5) is 0. The van der Waals surface area contributed by atoms with Crippen molar-refractivity contribution in [2.24, 2.45) is 11.7 Å². The van der Waals surface area contributed by atoms with Crippen LogP contribution in [0.2, 0.25) is 0 Å². The Hall–Kier alpha value is -1.12. The summed E-state index contributed by atoms with van der Waals surface area (Å²) >= 11 is 0. The maximum Gasteiger partial charge on any atom is 0.0319 e. The minimum Gasteiger partial charge on any atom is -0.400 e. The van der Waals surface area contributed by atoms with Gasteiger partial charge in [0.15, 0.2) is 0 Å². The number of hydrogen-bond donors (Lipinski definition) is 2. The van der Waals surface area contributed by atoms with Crippen LogP contribution in [0.3, 0.4) is 0 Å². The van der Waals surface area contributed by atoms with E-state index in [9.17, 15) is 0 Å². The summed E-state index contributed by atoms with van der Waals surface area (Å²) in [7, 11) is 1.00. The van der Waals surface area contributed by atoms with E-state index in [2.05, 4.69) is 44.2 Å². The van der Waals surface area contributed by atoms with Crippen molar-refractivity contribution in [3.63, 3.8) is 0 Å². The Labute approximate surface area is 160 Å². The molecule has 0 bridgehead atoms. The molecule has 0 amide bonds. The molecular formula is C24H39NO. The highest BCUT2D eigenvalue weighted by molar-refractivity contribution is 5.36. The number of aryl methyl sites for hydroxylation is 1. The lowest BCUT2D eigenvalue weighted by atomic mass is 9.79. The molecule has 1 saturated carbocycles. The quantitative estimate of drug-likeness (QED) is 0.520. The molecule has 2 heteroatoms. The molecule has 1 fully saturated rings. The number of allylic oxidation sites excluding steroid dienone is 2. The van der Waals surface area contributed by atoms with Gasteiger partial charge >= 0.3 is 0 Å². The molecule has 0 radical (unpaired) electrons. The molecule has 3 N–H and O–H groups in total. The van der Waals surface area contributed by atoms with Crippen LogP contribution >= 0.6 is 0 Å². The van der Waals surface area contributed by atoms with Crippen LogP contribution in [-0.4, -0.2) is 17.8 Å². The summed E-state index contributed by atoms with van der Waals surface area (Å²) in [6, 6.07) is 7.35. The highest BCUT2D eigenvalue weighted by atomic mass is 16.2. The fourth-order valence-corrected chi connectivity index (χ4v) is 4.77. The summed E-state index contributed by atoms with van der Waals surface area (Å²) < 4.78 is 0. The first-order valence-electron chi connectivity index (χ1n) is 10.5. The van der Waals surface area contributed by atoms with E-state index >= 15 is 0 Å². The van der Waals surface area contributed by atoms with E-state index in [0.29, 0.717) is 5.92 Å². The van der Waals surface area contributed by atoms with Crippen LogP contribution in [0.15, 0.2) is 30.4 Å². The van der Waals surface area contributed by atoms with Gasteiger partial charge in [0.25, 0.3) is 0 Å². The lowest BCUT2D eigenvalue weighted by Crippen LogP contribution is -2.32. The Morgan fingerprint density at radius 1 is 1.19 bits per heavy atom. The molecular weight excluding hydrogens is 318 g/mol. The number of nitrogens with two attached hydrogens (primary N) is 1. The largest absolute Gasteiger partial charge is 0.400 e. The van der Waals surface area contributed by atoms with Gasteiger partial charge in [-0.15, -0.1) is 0 Å². The second kappa shape index (κ2) is 10.3. The number of rotatable bonds is 6. The third kappa shape index (κ3) is 5.96. The van der Waals surface area contributed by atoms with Crippen molar-refractivity contribution in [2.45, 2.75) is 89.5 Å². The fraction of sp³-hybridized carbons (Fsp3) is 0.667. The van der Waals surface area contributed by atoms with Crippen LogP contribution in [0.5, 0.6) is 0 Å². The van der Waals surface area contributed by atoms with Crippen molar-refractivity contribution in [3.8, 4) is 0 Å². The van der Waals surface area contributed by atoms with Crippen molar-refractivity contribution in [3.05, 3.63) is 47.0 Å². The Morgan fingerprint density at radius 3 is 2.69 bits per heavy atom. The molecule has 0 aliphatic heterocycles. The molecule has 3 rings (SSSR count). The molecule has 3 atom stereocenters. The number of unbranched alkanes of at least 4 members (excludes halogenated alkanes) is 2. The first-order valence-corrected chi connectivity index (χ1v) is 10.5.